The van der Waals surface area contributed by atoms with Gasteiger partial charge in [-0.15, -0.1) is 0 Å². The number of aromatic nitrogens is 2. The summed E-state index contributed by atoms with van der Waals surface area (Å²) >= 11 is 5.91. The predicted molar refractivity (Wildman–Crippen MR) is 114 cm³/mol. The van der Waals surface area contributed by atoms with Crippen LogP contribution in [0.5, 0.6) is 5.75 Å². The summed E-state index contributed by atoms with van der Waals surface area (Å²) in [6, 6.07) is 24.7. The quantitative estimate of drug-likeness (QED) is 0.489. The second-order valence-corrected chi connectivity index (χ2v) is 7.04. The van der Waals surface area contributed by atoms with E-state index in [1.165, 1.54) is 0 Å². The molecule has 1 N–H and O–H groups in total. The Kier molecular flexibility index (Phi) is 5.77. The Bertz CT molecular complexity index is 1110. The Hall–Kier alpha value is -3.31. The topological polar surface area (TPSA) is 56.2 Å². The molecule has 0 saturated heterocycles. The molecule has 4 aromatic rings. The summed E-state index contributed by atoms with van der Waals surface area (Å²) in [5.74, 6) is 1.37. The van der Waals surface area contributed by atoms with Crippen molar-refractivity contribution >= 4 is 28.5 Å². The fraction of sp³-hybridized carbons (Fsp3) is 0.130. The van der Waals surface area contributed by atoms with Gasteiger partial charge in [-0.3, -0.25) is 4.79 Å². The van der Waals surface area contributed by atoms with Crippen molar-refractivity contribution in [1.82, 2.24) is 14.9 Å². The number of hydrogen-bond donors (Lipinski definition) is 1. The number of halogens is 1. The first-order chi connectivity index (χ1) is 14.2. The molecule has 0 radical (unpaired) electrons. The molecule has 5 nitrogen and oxygen atoms in total. The number of para-hydroxylation sites is 3. The summed E-state index contributed by atoms with van der Waals surface area (Å²) in [6.45, 7) is 0.892. The Labute approximate surface area is 173 Å². The van der Waals surface area contributed by atoms with Gasteiger partial charge in [-0.05, 0) is 42.0 Å². The van der Waals surface area contributed by atoms with Gasteiger partial charge in [0, 0.05) is 11.6 Å². The SMILES string of the molecule is O=C(Cn1c(COc2ccccc2)nc2ccccc21)NCc1ccc(Cl)cc1. The van der Waals surface area contributed by atoms with Crippen LogP contribution < -0.4 is 10.1 Å². The molecule has 0 aliphatic heterocycles. The molecule has 0 aliphatic carbocycles. The molecular weight excluding hydrogens is 386 g/mol. The number of fused-ring (bicyclic) bond motifs is 1. The maximum Gasteiger partial charge on any atom is 0.240 e. The highest BCUT2D eigenvalue weighted by molar-refractivity contribution is 6.30. The van der Waals surface area contributed by atoms with Gasteiger partial charge in [-0.2, -0.15) is 0 Å². The van der Waals surface area contributed by atoms with E-state index < -0.39 is 0 Å². The number of rotatable bonds is 7. The molecule has 0 fully saturated rings. The Morgan fingerprint density at radius 2 is 1.69 bits per heavy atom. The highest BCUT2D eigenvalue weighted by Crippen LogP contribution is 2.18. The summed E-state index contributed by atoms with van der Waals surface area (Å²) in [7, 11) is 0. The van der Waals surface area contributed by atoms with E-state index in [0.717, 1.165) is 22.3 Å². The first-order valence-corrected chi connectivity index (χ1v) is 9.70. The number of benzene rings is 3. The van der Waals surface area contributed by atoms with Crippen LogP contribution in [0.1, 0.15) is 11.4 Å². The minimum atomic E-state index is -0.0935. The smallest absolute Gasteiger partial charge is 0.240 e. The van der Waals surface area contributed by atoms with Crippen molar-refractivity contribution in [3.8, 4) is 5.75 Å². The molecule has 1 heterocycles. The number of carbonyl (C=O) groups is 1. The number of ether oxygens (including phenoxy) is 1. The molecule has 0 aliphatic rings. The second-order valence-electron chi connectivity index (χ2n) is 6.61. The van der Waals surface area contributed by atoms with E-state index in [2.05, 4.69) is 10.3 Å². The summed E-state index contributed by atoms with van der Waals surface area (Å²) in [4.78, 5) is 17.2. The average Bonchev–Trinajstić information content (AvgIpc) is 3.10. The minimum absolute atomic E-state index is 0.0935. The molecule has 0 bridgehead atoms. The number of nitrogens with zero attached hydrogens (tertiary/aromatic N) is 2. The normalized spacial score (nSPS) is 10.8. The van der Waals surface area contributed by atoms with Gasteiger partial charge in [0.2, 0.25) is 5.91 Å². The van der Waals surface area contributed by atoms with Crippen LogP contribution in [0.25, 0.3) is 11.0 Å². The van der Waals surface area contributed by atoms with Crippen molar-refractivity contribution in [2.24, 2.45) is 0 Å². The lowest BCUT2D eigenvalue weighted by molar-refractivity contribution is -0.121. The second kappa shape index (κ2) is 8.80. The molecule has 1 amide bonds. The van der Waals surface area contributed by atoms with Crippen molar-refractivity contribution in [2.75, 3.05) is 0 Å². The molecule has 6 heteroatoms. The van der Waals surface area contributed by atoms with E-state index in [1.54, 1.807) is 0 Å². The number of amides is 1. The third-order valence-corrected chi connectivity index (χ3v) is 4.80. The van der Waals surface area contributed by atoms with Crippen molar-refractivity contribution in [3.05, 3.63) is 95.3 Å². The van der Waals surface area contributed by atoms with E-state index in [0.29, 0.717) is 17.4 Å². The third-order valence-electron chi connectivity index (χ3n) is 4.55. The van der Waals surface area contributed by atoms with Crippen LogP contribution in [0.4, 0.5) is 0 Å². The molecule has 4 rings (SSSR count). The molecule has 1 aromatic heterocycles. The lowest BCUT2D eigenvalue weighted by Crippen LogP contribution is -2.28. The fourth-order valence-corrected chi connectivity index (χ4v) is 3.21. The van der Waals surface area contributed by atoms with Gasteiger partial charge in [-0.25, -0.2) is 4.98 Å². The molecule has 0 unspecified atom stereocenters. The van der Waals surface area contributed by atoms with Gasteiger partial charge >= 0.3 is 0 Å². The summed E-state index contributed by atoms with van der Waals surface area (Å²) in [5.41, 5.74) is 2.73. The van der Waals surface area contributed by atoms with Gasteiger partial charge in [-0.1, -0.05) is 54.1 Å². The van der Waals surface area contributed by atoms with Gasteiger partial charge in [0.1, 0.15) is 24.7 Å². The van der Waals surface area contributed by atoms with E-state index in [4.69, 9.17) is 16.3 Å². The van der Waals surface area contributed by atoms with Gasteiger partial charge in [0.15, 0.2) is 0 Å². The molecule has 29 heavy (non-hydrogen) atoms. The maximum absolute atomic E-state index is 12.6. The van der Waals surface area contributed by atoms with Crippen LogP contribution in [0.3, 0.4) is 0 Å². The van der Waals surface area contributed by atoms with E-state index >= 15 is 0 Å². The molecular formula is C23H20ClN3O2. The van der Waals surface area contributed by atoms with Crippen LogP contribution in [-0.2, 0) is 24.5 Å². The van der Waals surface area contributed by atoms with Crippen LogP contribution in [0.2, 0.25) is 5.02 Å². The Balaban J connectivity index is 1.48. The molecule has 0 spiro atoms. The molecule has 0 saturated carbocycles. The monoisotopic (exact) mass is 405 g/mol. The lowest BCUT2D eigenvalue weighted by Gasteiger charge is -2.11. The highest BCUT2D eigenvalue weighted by Gasteiger charge is 2.14. The van der Waals surface area contributed by atoms with E-state index in [1.807, 2.05) is 83.4 Å². The average molecular weight is 406 g/mol. The summed E-state index contributed by atoms with van der Waals surface area (Å²) < 4.78 is 7.76. The predicted octanol–water partition coefficient (Wildman–Crippen LogP) is 4.59. The number of imidazole rings is 1. The molecule has 3 aromatic carbocycles. The Morgan fingerprint density at radius 3 is 2.48 bits per heavy atom. The van der Waals surface area contributed by atoms with Gasteiger partial charge in [0.25, 0.3) is 0 Å². The van der Waals surface area contributed by atoms with Crippen LogP contribution in [0, 0.1) is 0 Å². The van der Waals surface area contributed by atoms with Gasteiger partial charge in [0.05, 0.1) is 11.0 Å². The van der Waals surface area contributed by atoms with Crippen molar-refractivity contribution in [3.63, 3.8) is 0 Å². The van der Waals surface area contributed by atoms with Crippen LogP contribution in [-0.4, -0.2) is 15.5 Å². The summed E-state index contributed by atoms with van der Waals surface area (Å²) in [6.07, 6.45) is 0. The highest BCUT2D eigenvalue weighted by atomic mass is 35.5. The maximum atomic E-state index is 12.6. The molecule has 146 valence electrons. The first kappa shape index (κ1) is 19.0. The number of nitrogens with one attached hydrogen (secondary N) is 1. The Morgan fingerprint density at radius 1 is 0.966 bits per heavy atom. The minimum Gasteiger partial charge on any atom is -0.486 e. The van der Waals surface area contributed by atoms with Crippen LogP contribution >= 0.6 is 11.6 Å². The first-order valence-electron chi connectivity index (χ1n) is 9.32. The number of carbonyl (C=O) groups excluding carboxylic acids is 1. The molecule has 0 atom stereocenters. The van der Waals surface area contributed by atoms with Crippen molar-refractivity contribution in [1.29, 1.82) is 0 Å². The standard InChI is InChI=1S/C23H20ClN3O2/c24-18-12-10-17(11-13-18)14-25-23(28)15-27-21-9-5-4-8-20(21)26-22(27)16-29-19-6-2-1-3-7-19/h1-13H,14-16H2,(H,25,28). The van der Waals surface area contributed by atoms with Crippen LogP contribution in [0.15, 0.2) is 78.9 Å². The number of hydrogen-bond acceptors (Lipinski definition) is 3. The lowest BCUT2D eigenvalue weighted by atomic mass is 10.2. The largest absolute Gasteiger partial charge is 0.486 e. The zero-order valence-corrected chi connectivity index (χ0v) is 16.5. The van der Waals surface area contributed by atoms with Gasteiger partial charge < -0.3 is 14.6 Å². The zero-order chi connectivity index (χ0) is 20.1. The zero-order valence-electron chi connectivity index (χ0n) is 15.7. The van der Waals surface area contributed by atoms with E-state index in [9.17, 15) is 4.79 Å². The summed E-state index contributed by atoms with van der Waals surface area (Å²) in [5, 5.41) is 3.63. The fourth-order valence-electron chi connectivity index (χ4n) is 3.08. The van der Waals surface area contributed by atoms with Crippen molar-refractivity contribution in [2.45, 2.75) is 19.7 Å². The van der Waals surface area contributed by atoms with E-state index in [-0.39, 0.29) is 19.1 Å². The van der Waals surface area contributed by atoms with Crippen molar-refractivity contribution < 1.29 is 9.53 Å². The third kappa shape index (κ3) is 4.76.